The van der Waals surface area contributed by atoms with E-state index in [4.69, 9.17) is 0 Å². The quantitative estimate of drug-likeness (QED) is 0.696. The van der Waals surface area contributed by atoms with Crippen molar-refractivity contribution in [2.45, 2.75) is 84.2 Å². The van der Waals surface area contributed by atoms with Crippen LogP contribution in [0.5, 0.6) is 0 Å². The van der Waals surface area contributed by atoms with Gasteiger partial charge < -0.3 is 10.6 Å². The van der Waals surface area contributed by atoms with Crippen LogP contribution in [0, 0.1) is 5.92 Å². The summed E-state index contributed by atoms with van der Waals surface area (Å²) in [7, 11) is 0. The molecule has 1 amide bonds. The van der Waals surface area contributed by atoms with Gasteiger partial charge in [0.2, 0.25) is 5.91 Å². The van der Waals surface area contributed by atoms with E-state index in [9.17, 15) is 4.79 Å². The maximum absolute atomic E-state index is 11.9. The van der Waals surface area contributed by atoms with Crippen LogP contribution in [0.1, 0.15) is 72.1 Å². The average Bonchev–Trinajstić information content (AvgIpc) is 2.71. The third-order valence-corrected chi connectivity index (χ3v) is 4.54. The Morgan fingerprint density at radius 1 is 1.11 bits per heavy atom. The molecular weight excluding hydrogens is 236 g/mol. The lowest BCUT2D eigenvalue weighted by Crippen LogP contribution is -2.44. The molecule has 0 aliphatic heterocycles. The first kappa shape index (κ1) is 16.5. The predicted octanol–water partition coefficient (Wildman–Crippen LogP) is 3.24. The minimum absolute atomic E-state index is 0.147. The molecule has 2 N–H and O–H groups in total. The third-order valence-electron chi connectivity index (χ3n) is 4.54. The van der Waals surface area contributed by atoms with Crippen LogP contribution in [0.15, 0.2) is 0 Å². The highest BCUT2D eigenvalue weighted by molar-refractivity contribution is 5.78. The standard InChI is InChI=1S/C16H32N2O/c1-4-15(5-2)18-16(19)12-17-13(3)14-10-8-6-7-9-11-14/h13-15,17H,4-12H2,1-3H3,(H,18,19)/t13-/m1/s1. The summed E-state index contributed by atoms with van der Waals surface area (Å²) in [5.41, 5.74) is 0. The molecule has 3 heteroatoms. The van der Waals surface area contributed by atoms with Crippen molar-refractivity contribution in [1.82, 2.24) is 10.6 Å². The van der Waals surface area contributed by atoms with Gasteiger partial charge in [-0.3, -0.25) is 4.79 Å². The monoisotopic (exact) mass is 268 g/mol. The molecule has 0 aromatic carbocycles. The Bertz CT molecular complexity index is 243. The van der Waals surface area contributed by atoms with Gasteiger partial charge in [-0.1, -0.05) is 39.5 Å². The van der Waals surface area contributed by atoms with Gasteiger partial charge in [-0.05, 0) is 38.5 Å². The van der Waals surface area contributed by atoms with E-state index in [1.807, 2.05) is 0 Å². The lowest BCUT2D eigenvalue weighted by Gasteiger charge is -2.24. The summed E-state index contributed by atoms with van der Waals surface area (Å²) in [6.45, 7) is 6.95. The second-order valence-electron chi connectivity index (χ2n) is 6.00. The molecule has 0 radical (unpaired) electrons. The maximum atomic E-state index is 11.9. The third kappa shape index (κ3) is 6.42. The minimum atomic E-state index is 0.147. The van der Waals surface area contributed by atoms with Crippen LogP contribution in [0.2, 0.25) is 0 Å². The zero-order valence-corrected chi connectivity index (χ0v) is 13.0. The highest BCUT2D eigenvalue weighted by Gasteiger charge is 2.19. The van der Waals surface area contributed by atoms with Crippen molar-refractivity contribution >= 4 is 5.91 Å². The Morgan fingerprint density at radius 3 is 2.21 bits per heavy atom. The van der Waals surface area contributed by atoms with Crippen LogP contribution in [0.3, 0.4) is 0 Å². The van der Waals surface area contributed by atoms with E-state index < -0.39 is 0 Å². The fourth-order valence-corrected chi connectivity index (χ4v) is 3.00. The number of carbonyl (C=O) groups is 1. The zero-order chi connectivity index (χ0) is 14.1. The molecular formula is C16H32N2O. The van der Waals surface area contributed by atoms with Gasteiger partial charge in [-0.15, -0.1) is 0 Å². The number of rotatable bonds is 7. The molecule has 0 unspecified atom stereocenters. The van der Waals surface area contributed by atoms with Crippen LogP contribution in [-0.2, 0) is 4.79 Å². The van der Waals surface area contributed by atoms with E-state index in [0.717, 1.165) is 18.8 Å². The van der Waals surface area contributed by atoms with Crippen LogP contribution in [0.25, 0.3) is 0 Å². The second kappa shape index (κ2) is 9.35. The first-order chi connectivity index (χ1) is 9.17. The number of nitrogens with one attached hydrogen (secondary N) is 2. The Hall–Kier alpha value is -0.570. The topological polar surface area (TPSA) is 41.1 Å². The summed E-state index contributed by atoms with van der Waals surface area (Å²) < 4.78 is 0. The summed E-state index contributed by atoms with van der Waals surface area (Å²) in [4.78, 5) is 11.9. The van der Waals surface area contributed by atoms with Crippen molar-refractivity contribution in [1.29, 1.82) is 0 Å². The van der Waals surface area contributed by atoms with Gasteiger partial charge in [0.05, 0.1) is 6.54 Å². The average molecular weight is 268 g/mol. The lowest BCUT2D eigenvalue weighted by molar-refractivity contribution is -0.121. The van der Waals surface area contributed by atoms with Crippen LogP contribution >= 0.6 is 0 Å². The molecule has 0 bridgehead atoms. The molecule has 0 saturated heterocycles. The highest BCUT2D eigenvalue weighted by atomic mass is 16.1. The van der Waals surface area contributed by atoms with Gasteiger partial charge in [-0.25, -0.2) is 0 Å². The molecule has 1 saturated carbocycles. The van der Waals surface area contributed by atoms with Crippen molar-refractivity contribution in [3.8, 4) is 0 Å². The van der Waals surface area contributed by atoms with Crippen molar-refractivity contribution < 1.29 is 4.79 Å². The van der Waals surface area contributed by atoms with Crippen LogP contribution in [0.4, 0.5) is 0 Å². The van der Waals surface area contributed by atoms with Crippen molar-refractivity contribution in [3.63, 3.8) is 0 Å². The molecule has 0 aromatic heterocycles. The molecule has 1 fully saturated rings. The number of hydrogen-bond donors (Lipinski definition) is 2. The smallest absolute Gasteiger partial charge is 0.234 e. The minimum Gasteiger partial charge on any atom is -0.352 e. The molecule has 0 heterocycles. The predicted molar refractivity (Wildman–Crippen MR) is 81.2 cm³/mol. The summed E-state index contributed by atoms with van der Waals surface area (Å²) in [5, 5.41) is 6.51. The molecule has 0 aromatic rings. The first-order valence-corrected chi connectivity index (χ1v) is 8.20. The van der Waals surface area contributed by atoms with E-state index in [2.05, 4.69) is 31.4 Å². The molecule has 1 rings (SSSR count). The first-order valence-electron chi connectivity index (χ1n) is 8.20. The largest absolute Gasteiger partial charge is 0.352 e. The number of carbonyl (C=O) groups excluding carboxylic acids is 1. The van der Waals surface area contributed by atoms with Crippen LogP contribution < -0.4 is 10.6 Å². The van der Waals surface area contributed by atoms with E-state index in [1.54, 1.807) is 0 Å². The maximum Gasteiger partial charge on any atom is 0.234 e. The SMILES string of the molecule is CCC(CC)NC(=O)CN[C@H](C)C1CCCCCC1. The summed E-state index contributed by atoms with van der Waals surface area (Å²) in [6.07, 6.45) is 10.2. The Balaban J connectivity index is 2.24. The molecule has 3 nitrogen and oxygen atoms in total. The normalized spacial score (nSPS) is 19.2. The molecule has 1 aliphatic carbocycles. The van der Waals surface area contributed by atoms with E-state index in [1.165, 1.54) is 38.5 Å². The number of hydrogen-bond acceptors (Lipinski definition) is 2. The van der Waals surface area contributed by atoms with Gasteiger partial charge >= 0.3 is 0 Å². The fourth-order valence-electron chi connectivity index (χ4n) is 3.00. The summed E-state index contributed by atoms with van der Waals surface area (Å²) >= 11 is 0. The van der Waals surface area contributed by atoms with E-state index >= 15 is 0 Å². The Labute approximate surface area is 118 Å². The number of amides is 1. The van der Waals surface area contributed by atoms with Crippen molar-refractivity contribution in [2.24, 2.45) is 5.92 Å². The van der Waals surface area contributed by atoms with Crippen molar-refractivity contribution in [2.75, 3.05) is 6.54 Å². The fraction of sp³-hybridized carbons (Fsp3) is 0.938. The second-order valence-corrected chi connectivity index (χ2v) is 6.00. The molecule has 0 spiro atoms. The van der Waals surface area contributed by atoms with Gasteiger partial charge in [0.25, 0.3) is 0 Å². The Kier molecular flexibility index (Phi) is 8.11. The lowest BCUT2D eigenvalue weighted by atomic mass is 9.93. The summed E-state index contributed by atoms with van der Waals surface area (Å²) in [6, 6.07) is 0.799. The van der Waals surface area contributed by atoms with Gasteiger partial charge in [0.15, 0.2) is 0 Å². The Morgan fingerprint density at radius 2 is 1.68 bits per heavy atom. The zero-order valence-electron chi connectivity index (χ0n) is 13.0. The summed E-state index contributed by atoms with van der Waals surface area (Å²) in [5.74, 6) is 0.901. The van der Waals surface area contributed by atoms with Gasteiger partial charge in [0.1, 0.15) is 0 Å². The van der Waals surface area contributed by atoms with E-state index in [-0.39, 0.29) is 5.91 Å². The molecule has 112 valence electrons. The molecule has 19 heavy (non-hydrogen) atoms. The van der Waals surface area contributed by atoms with Crippen LogP contribution in [-0.4, -0.2) is 24.5 Å². The molecule has 1 atom stereocenters. The van der Waals surface area contributed by atoms with E-state index in [0.29, 0.717) is 18.6 Å². The highest BCUT2D eigenvalue weighted by Crippen LogP contribution is 2.25. The molecule has 1 aliphatic rings. The van der Waals surface area contributed by atoms with Crippen molar-refractivity contribution in [3.05, 3.63) is 0 Å². The van der Waals surface area contributed by atoms with Gasteiger partial charge in [0, 0.05) is 12.1 Å². The van der Waals surface area contributed by atoms with Gasteiger partial charge in [-0.2, -0.15) is 0 Å².